The zero-order valence-electron chi connectivity index (χ0n) is 17.7. The summed E-state index contributed by atoms with van der Waals surface area (Å²) in [6, 6.07) is 1.89. The Morgan fingerprint density at radius 2 is 1.85 bits per heavy atom. The van der Waals surface area contributed by atoms with Crippen molar-refractivity contribution in [1.29, 1.82) is 0 Å². The van der Waals surface area contributed by atoms with Crippen molar-refractivity contribution < 1.29 is 68.6 Å². The number of carbonyl (C=O) groups excluding carboxylic acids is 1. The maximum absolute atomic E-state index is 13.3. The van der Waals surface area contributed by atoms with Crippen LogP contribution in [0.2, 0.25) is 5.02 Å². The second-order valence-electron chi connectivity index (χ2n) is 6.18. The second-order valence-corrected chi connectivity index (χ2v) is 6.62. The third kappa shape index (κ3) is 9.37. The number of halogens is 4. The molecule has 0 aromatic heterocycles. The van der Waals surface area contributed by atoms with Gasteiger partial charge < -0.3 is 35.2 Å². The molecule has 0 spiro atoms. The van der Waals surface area contributed by atoms with Crippen LogP contribution in [0.4, 0.5) is 13.2 Å². The van der Waals surface area contributed by atoms with Crippen LogP contribution in [0.3, 0.4) is 0 Å². The van der Waals surface area contributed by atoms with Gasteiger partial charge in [-0.2, -0.15) is 13.2 Å². The number of quaternary nitrogens is 1. The first-order chi connectivity index (χ1) is 15.6. The number of rotatable bonds is 6. The molecule has 0 bridgehead atoms. The van der Waals surface area contributed by atoms with E-state index in [0.717, 1.165) is 18.2 Å². The van der Waals surface area contributed by atoms with Gasteiger partial charge in [0.1, 0.15) is 5.75 Å². The lowest BCUT2D eigenvalue weighted by molar-refractivity contribution is -0.670. The topological polar surface area (TPSA) is 229 Å². The highest BCUT2D eigenvalue weighted by Gasteiger charge is 2.50. The van der Waals surface area contributed by atoms with Crippen molar-refractivity contribution in [3.63, 3.8) is 0 Å². The third-order valence-corrected chi connectivity index (χ3v) is 3.82. The third-order valence-electron chi connectivity index (χ3n) is 3.60. The molecule has 1 aromatic rings. The van der Waals surface area contributed by atoms with E-state index in [4.69, 9.17) is 32.5 Å². The molecule has 194 valence electrons. The van der Waals surface area contributed by atoms with Gasteiger partial charge in [0.15, 0.2) is 0 Å². The van der Waals surface area contributed by atoms with Crippen molar-refractivity contribution >= 4 is 29.6 Å². The zero-order valence-corrected chi connectivity index (χ0v) is 18.4. The number of carboxylic acid groups (broad SMARTS) is 1. The fraction of sp³-hybridized carbons (Fsp3) is 0.412. The first-order valence-electron chi connectivity index (χ1n) is 8.82. The lowest BCUT2D eigenvalue weighted by atomic mass is 9.98. The quantitative estimate of drug-likeness (QED) is 0.125. The van der Waals surface area contributed by atoms with Gasteiger partial charge in [0, 0.05) is 10.6 Å². The molecule has 2 rings (SSSR count). The highest BCUT2D eigenvalue weighted by atomic mass is 35.5. The Morgan fingerprint density at radius 3 is 2.24 bits per heavy atom. The first-order valence-corrected chi connectivity index (χ1v) is 9.20. The van der Waals surface area contributed by atoms with Crippen LogP contribution in [0.15, 0.2) is 17.7 Å². The number of hydrogen-bond acceptors (Lipinski definition) is 11. The molecule has 1 aromatic carbocycles. The van der Waals surface area contributed by atoms with Crippen molar-refractivity contribution in [1.82, 2.24) is 5.32 Å². The summed E-state index contributed by atoms with van der Waals surface area (Å²) < 4.78 is 49.3. The van der Waals surface area contributed by atoms with Crippen LogP contribution in [-0.4, -0.2) is 69.7 Å². The minimum Gasteiger partial charge on any atom is -0.480 e. The summed E-state index contributed by atoms with van der Waals surface area (Å²) in [4.78, 5) is 25.7. The van der Waals surface area contributed by atoms with Gasteiger partial charge in [0.25, 0.3) is 0 Å². The van der Waals surface area contributed by atoms with Crippen LogP contribution < -0.4 is 21.8 Å². The predicted molar refractivity (Wildman–Crippen MR) is 105 cm³/mol. The van der Waals surface area contributed by atoms with Gasteiger partial charge in [-0.25, -0.2) is 21.8 Å². The Bertz CT molecular complexity index is 878. The highest BCUT2D eigenvalue weighted by molar-refractivity contribution is 6.31. The number of nitrogens with two attached hydrogens (primary N) is 1. The van der Waals surface area contributed by atoms with Crippen molar-refractivity contribution in [3.8, 4) is 5.75 Å². The van der Waals surface area contributed by atoms with E-state index in [0.29, 0.717) is 0 Å². The molecule has 34 heavy (non-hydrogen) atoms. The molecule has 13 nitrogen and oxygen atoms in total. The van der Waals surface area contributed by atoms with Gasteiger partial charge in [-0.1, -0.05) is 11.6 Å². The SMILES string of the molecule is CC(ON)OC(=O)C1=Cc2cc(Cl)cc(C(O)(O)O)c2OC1C(F)(F)F.CNCC(=O)O.[NH3+]O. The highest BCUT2D eigenvalue weighted by Crippen LogP contribution is 2.42. The summed E-state index contributed by atoms with van der Waals surface area (Å²) in [5.74, 6) is 0.534. The number of alkyl halides is 3. The van der Waals surface area contributed by atoms with Crippen LogP contribution in [0, 0.1) is 0 Å². The van der Waals surface area contributed by atoms with Crippen LogP contribution in [0.1, 0.15) is 18.1 Å². The zero-order chi connectivity index (χ0) is 26.9. The van der Waals surface area contributed by atoms with Crippen LogP contribution >= 0.6 is 11.6 Å². The van der Waals surface area contributed by atoms with E-state index in [2.05, 4.69) is 20.8 Å². The Morgan fingerprint density at radius 1 is 1.29 bits per heavy atom. The van der Waals surface area contributed by atoms with Crippen LogP contribution in [0.5, 0.6) is 5.75 Å². The number of benzene rings is 1. The molecule has 0 aliphatic carbocycles. The average Bonchev–Trinajstić information content (AvgIpc) is 2.72. The minimum atomic E-state index is -5.07. The molecular weight excluding hydrogens is 499 g/mol. The largest absolute Gasteiger partial charge is 0.480 e. The van der Waals surface area contributed by atoms with E-state index >= 15 is 0 Å². The average molecular weight is 523 g/mol. The number of ether oxygens (including phenoxy) is 2. The minimum absolute atomic E-state index is 0.0417. The monoisotopic (exact) mass is 522 g/mol. The van der Waals surface area contributed by atoms with E-state index < -0.39 is 53.4 Å². The summed E-state index contributed by atoms with van der Waals surface area (Å²) in [7, 11) is 1.59. The predicted octanol–water partition coefficient (Wildman–Crippen LogP) is -1.18. The van der Waals surface area contributed by atoms with Crippen molar-refractivity contribution in [2.24, 2.45) is 5.90 Å². The lowest BCUT2D eigenvalue weighted by Crippen LogP contribution is -2.42. The number of carbonyl (C=O) groups is 2. The Hall–Kier alpha value is -2.54. The standard InChI is InChI=1S/C14H13ClF3NO7.C3H7NO2.H4NO/c1-5(26-19)24-12(20)8-3-6-2-7(15)4-9(14(21,22)23)10(6)25-11(8)13(16,17)18;1-4-2-3(5)6;1-2/h2-5,11,21-23H,19H2,1H3;4H,2H2,1H3,(H,5,6);2H,1H3/q;;+1. The van der Waals surface area contributed by atoms with Crippen molar-refractivity contribution in [2.45, 2.75) is 31.5 Å². The molecule has 2 atom stereocenters. The molecule has 0 radical (unpaired) electrons. The summed E-state index contributed by atoms with van der Waals surface area (Å²) in [6.45, 7) is 1.21. The molecule has 0 amide bonds. The Kier molecular flexibility index (Phi) is 12.4. The molecule has 0 saturated carbocycles. The van der Waals surface area contributed by atoms with Crippen LogP contribution in [0.25, 0.3) is 6.08 Å². The number of carboxylic acids is 1. The number of nitrogens with one attached hydrogen (secondary N) is 1. The summed E-state index contributed by atoms with van der Waals surface area (Å²) in [5, 5.41) is 44.9. The molecule has 0 fully saturated rings. The van der Waals surface area contributed by atoms with Gasteiger partial charge in [-0.3, -0.25) is 9.63 Å². The van der Waals surface area contributed by atoms with Crippen LogP contribution in [-0.2, 0) is 25.1 Å². The van der Waals surface area contributed by atoms with E-state index in [9.17, 15) is 38.1 Å². The number of fused-ring (bicyclic) bond motifs is 1. The molecule has 1 aliphatic rings. The molecule has 1 aliphatic heterocycles. The summed E-state index contributed by atoms with van der Waals surface area (Å²) in [6.07, 6.45) is -8.48. The second kappa shape index (κ2) is 13.4. The van der Waals surface area contributed by atoms with Gasteiger partial charge in [0.05, 0.1) is 17.7 Å². The Labute approximate surface area is 194 Å². The summed E-state index contributed by atoms with van der Waals surface area (Å²) >= 11 is 5.76. The van der Waals surface area contributed by atoms with Gasteiger partial charge in [-0.05, 0) is 32.2 Å². The van der Waals surface area contributed by atoms with Gasteiger partial charge >= 0.3 is 24.1 Å². The molecule has 1 heterocycles. The first kappa shape index (κ1) is 31.5. The maximum Gasteiger partial charge on any atom is 0.430 e. The van der Waals surface area contributed by atoms with Crippen molar-refractivity contribution in [3.05, 3.63) is 33.9 Å². The number of aliphatic hydroxyl groups is 3. The fourth-order valence-electron chi connectivity index (χ4n) is 2.33. The smallest absolute Gasteiger partial charge is 0.430 e. The maximum atomic E-state index is 13.3. The van der Waals surface area contributed by atoms with E-state index in [-0.39, 0.29) is 17.1 Å². The Balaban J connectivity index is 0.00000118. The fourth-order valence-corrected chi connectivity index (χ4v) is 2.56. The number of hydrogen-bond donors (Lipinski definition) is 8. The van der Waals surface area contributed by atoms with Gasteiger partial charge in [-0.15, -0.1) is 0 Å². The number of esters is 1. The lowest BCUT2D eigenvalue weighted by Gasteiger charge is -2.31. The van der Waals surface area contributed by atoms with Gasteiger partial charge in [0.2, 0.25) is 12.4 Å². The van der Waals surface area contributed by atoms with Crippen molar-refractivity contribution in [2.75, 3.05) is 13.6 Å². The molecule has 0 saturated heterocycles. The van der Waals surface area contributed by atoms with E-state index in [1.165, 1.54) is 6.92 Å². The summed E-state index contributed by atoms with van der Waals surface area (Å²) in [5.41, 5.74) is -2.01. The number of aliphatic carboxylic acids is 1. The molecule has 2 unspecified atom stereocenters. The number of likely N-dealkylation sites (N-methyl/N-ethyl adjacent to an activating group) is 1. The molecular formula is C17H24ClF3N3O10+. The molecule has 17 heteroatoms. The normalized spacial score (nSPS) is 15.8. The molecule has 11 N–H and O–H groups in total. The van der Waals surface area contributed by atoms with E-state index in [1.54, 1.807) is 7.05 Å². The van der Waals surface area contributed by atoms with E-state index in [1.807, 2.05) is 0 Å².